The summed E-state index contributed by atoms with van der Waals surface area (Å²) in [7, 11) is -0.0383. The second-order valence-electron chi connectivity index (χ2n) is 10.2. The van der Waals surface area contributed by atoms with Gasteiger partial charge in [-0.3, -0.25) is 14.4 Å². The van der Waals surface area contributed by atoms with Crippen LogP contribution in [0, 0.1) is 0 Å². The number of hydrogen-bond acceptors (Lipinski definition) is 7. The molecule has 5 rings (SSSR count). The molecular formula is C28H32N4O6S. The minimum absolute atomic E-state index is 0.0709. The first-order valence-corrected chi connectivity index (χ1v) is 14.5. The number of aliphatic hydroxyl groups excluding tert-OH is 1. The van der Waals surface area contributed by atoms with Crippen LogP contribution in [0.3, 0.4) is 0 Å². The van der Waals surface area contributed by atoms with Gasteiger partial charge in [0.1, 0.15) is 5.76 Å². The van der Waals surface area contributed by atoms with E-state index in [0.717, 1.165) is 12.8 Å². The highest BCUT2D eigenvalue weighted by molar-refractivity contribution is 7.89. The summed E-state index contributed by atoms with van der Waals surface area (Å²) in [5.41, 5.74) is -0.985. The Morgan fingerprint density at radius 3 is 2.26 bits per heavy atom. The van der Waals surface area contributed by atoms with Crippen LogP contribution in [0.1, 0.15) is 30.9 Å². The summed E-state index contributed by atoms with van der Waals surface area (Å²) in [5.74, 6) is -2.83. The number of fused-ring (bicyclic) bond motifs is 2. The summed E-state index contributed by atoms with van der Waals surface area (Å²) >= 11 is 0. The molecule has 1 spiro atoms. The van der Waals surface area contributed by atoms with Gasteiger partial charge in [0.15, 0.2) is 5.54 Å². The lowest BCUT2D eigenvalue weighted by Crippen LogP contribution is -2.53. The van der Waals surface area contributed by atoms with E-state index >= 15 is 0 Å². The van der Waals surface area contributed by atoms with Crippen molar-refractivity contribution in [2.24, 2.45) is 0 Å². The zero-order chi connectivity index (χ0) is 28.1. The molecule has 2 saturated heterocycles. The van der Waals surface area contributed by atoms with E-state index in [1.54, 1.807) is 31.2 Å². The fourth-order valence-corrected chi connectivity index (χ4v) is 7.30. The van der Waals surface area contributed by atoms with E-state index in [-0.39, 0.29) is 22.6 Å². The fourth-order valence-electron chi connectivity index (χ4n) is 5.79. The maximum absolute atomic E-state index is 14.2. The van der Waals surface area contributed by atoms with Gasteiger partial charge in [-0.1, -0.05) is 18.2 Å². The summed E-state index contributed by atoms with van der Waals surface area (Å²) in [6.45, 7) is 3.49. The van der Waals surface area contributed by atoms with E-state index in [4.69, 9.17) is 0 Å². The highest BCUT2D eigenvalue weighted by atomic mass is 32.2. The van der Waals surface area contributed by atoms with Gasteiger partial charge in [-0.25, -0.2) is 8.42 Å². The van der Waals surface area contributed by atoms with Crippen LogP contribution in [0.2, 0.25) is 0 Å². The molecule has 1 N–H and O–H groups in total. The van der Waals surface area contributed by atoms with E-state index < -0.39 is 38.9 Å². The van der Waals surface area contributed by atoms with Crippen molar-refractivity contribution < 1.29 is 27.9 Å². The Labute approximate surface area is 228 Å². The highest BCUT2D eigenvalue weighted by Crippen LogP contribution is 2.53. The largest absolute Gasteiger partial charge is 0.507 e. The normalized spacial score (nSPS) is 23.0. The van der Waals surface area contributed by atoms with Crippen molar-refractivity contribution in [2.75, 3.05) is 51.7 Å². The Morgan fingerprint density at radius 2 is 1.64 bits per heavy atom. The van der Waals surface area contributed by atoms with Crippen molar-refractivity contribution in [1.29, 1.82) is 0 Å². The number of aliphatic hydroxyl groups is 1. The number of Topliss-reactive ketones (excluding diaryl/α,β-unsaturated/α-hetero) is 1. The van der Waals surface area contributed by atoms with Crippen LogP contribution in [-0.4, -0.2) is 92.0 Å². The van der Waals surface area contributed by atoms with Gasteiger partial charge >= 0.3 is 0 Å². The molecule has 0 saturated carbocycles. The Morgan fingerprint density at radius 1 is 1.00 bits per heavy atom. The standard InChI is InChI=1S/C28H32N4O6S/c1-4-31-22-10-6-5-9-21(22)28(27(31)36)23(25(34)26(35)32(28)18-17-29(2)3)24(33)19-11-13-20(14-12-19)39(37,38)30-15-7-8-16-30/h5-6,9-14,33H,4,7-8,15-18H2,1-3H3/b24-23+. The summed E-state index contributed by atoms with van der Waals surface area (Å²) in [5, 5.41) is 11.6. The molecule has 0 radical (unpaired) electrons. The third kappa shape index (κ3) is 3.98. The van der Waals surface area contributed by atoms with Crippen molar-refractivity contribution in [2.45, 2.75) is 30.2 Å². The lowest BCUT2D eigenvalue weighted by atomic mass is 9.82. The Balaban J connectivity index is 1.68. The molecule has 2 fully saturated rings. The third-order valence-corrected chi connectivity index (χ3v) is 9.64. The maximum Gasteiger partial charge on any atom is 0.296 e. The number of likely N-dealkylation sites (N-methyl/N-ethyl adjacent to an activating group) is 2. The zero-order valence-corrected chi connectivity index (χ0v) is 23.1. The molecule has 0 aliphatic carbocycles. The predicted molar refractivity (Wildman–Crippen MR) is 145 cm³/mol. The van der Waals surface area contributed by atoms with E-state index in [0.29, 0.717) is 37.4 Å². The number of benzene rings is 2. The number of para-hydroxylation sites is 1. The van der Waals surface area contributed by atoms with E-state index in [9.17, 15) is 27.9 Å². The molecule has 2 aromatic carbocycles. The quantitative estimate of drug-likeness (QED) is 0.317. The summed E-state index contributed by atoms with van der Waals surface area (Å²) in [6.07, 6.45) is 1.61. The van der Waals surface area contributed by atoms with Crippen molar-refractivity contribution in [3.05, 3.63) is 65.2 Å². The molecule has 1 unspecified atom stereocenters. The number of sulfonamides is 1. The summed E-state index contributed by atoms with van der Waals surface area (Å²) in [4.78, 5) is 45.9. The van der Waals surface area contributed by atoms with Crippen LogP contribution in [0.25, 0.3) is 5.76 Å². The molecule has 3 aliphatic rings. The number of likely N-dealkylation sites (tertiary alicyclic amines) is 1. The number of hydrogen-bond donors (Lipinski definition) is 1. The summed E-state index contributed by atoms with van der Waals surface area (Å²) < 4.78 is 27.4. The summed E-state index contributed by atoms with van der Waals surface area (Å²) in [6, 6.07) is 12.5. The molecule has 2 aromatic rings. The first-order chi connectivity index (χ1) is 18.6. The number of ketones is 1. The SMILES string of the molecule is CCN1C(=O)C2(/C(=C(/O)c3ccc(S(=O)(=O)N4CCCC4)cc3)C(=O)C(=O)N2CCN(C)C)c2ccccc21. The molecule has 0 aromatic heterocycles. The average molecular weight is 553 g/mol. The molecule has 39 heavy (non-hydrogen) atoms. The molecule has 3 aliphatic heterocycles. The van der Waals surface area contributed by atoms with Gasteiger partial charge in [0, 0.05) is 43.9 Å². The smallest absolute Gasteiger partial charge is 0.296 e. The molecule has 2 amide bonds. The average Bonchev–Trinajstić information content (AvgIpc) is 3.60. The monoisotopic (exact) mass is 552 g/mol. The molecule has 0 bridgehead atoms. The van der Waals surface area contributed by atoms with Gasteiger partial charge in [0.05, 0.1) is 16.2 Å². The molecule has 11 heteroatoms. The van der Waals surface area contributed by atoms with Crippen LogP contribution in [0.15, 0.2) is 59.0 Å². The third-order valence-electron chi connectivity index (χ3n) is 7.73. The van der Waals surface area contributed by atoms with Crippen LogP contribution >= 0.6 is 0 Å². The van der Waals surface area contributed by atoms with Gasteiger partial charge < -0.3 is 19.8 Å². The number of anilines is 1. The number of nitrogens with zero attached hydrogens (tertiary/aromatic N) is 4. The predicted octanol–water partition coefficient (Wildman–Crippen LogP) is 1.98. The maximum atomic E-state index is 14.2. The lowest BCUT2D eigenvalue weighted by Gasteiger charge is -2.35. The van der Waals surface area contributed by atoms with E-state index in [1.165, 1.54) is 38.4 Å². The molecular weight excluding hydrogens is 520 g/mol. The van der Waals surface area contributed by atoms with Gasteiger partial charge in [0.2, 0.25) is 10.0 Å². The van der Waals surface area contributed by atoms with E-state index in [2.05, 4.69) is 0 Å². The Kier molecular flexibility index (Phi) is 6.86. The Hall–Kier alpha value is -3.54. The lowest BCUT2D eigenvalue weighted by molar-refractivity contribution is -0.143. The van der Waals surface area contributed by atoms with Crippen molar-refractivity contribution in [3.63, 3.8) is 0 Å². The van der Waals surface area contributed by atoms with E-state index in [1.807, 2.05) is 19.0 Å². The van der Waals surface area contributed by atoms with Crippen molar-refractivity contribution in [1.82, 2.24) is 14.1 Å². The first kappa shape index (κ1) is 27.0. The molecule has 206 valence electrons. The second-order valence-corrected chi connectivity index (χ2v) is 12.2. The molecule has 1 atom stereocenters. The number of carbonyl (C=O) groups excluding carboxylic acids is 3. The topological polar surface area (TPSA) is 119 Å². The minimum atomic E-state index is -3.68. The zero-order valence-electron chi connectivity index (χ0n) is 22.3. The van der Waals surface area contributed by atoms with Crippen LogP contribution in [0.4, 0.5) is 5.69 Å². The van der Waals surface area contributed by atoms with Crippen LogP contribution in [0.5, 0.6) is 0 Å². The van der Waals surface area contributed by atoms with Crippen LogP contribution < -0.4 is 4.90 Å². The minimum Gasteiger partial charge on any atom is -0.507 e. The van der Waals surface area contributed by atoms with Gasteiger partial charge in [-0.05, 0) is 64.2 Å². The Bertz CT molecular complexity index is 1480. The van der Waals surface area contributed by atoms with Gasteiger partial charge in [-0.15, -0.1) is 0 Å². The number of carbonyl (C=O) groups is 3. The van der Waals surface area contributed by atoms with Crippen LogP contribution in [-0.2, 0) is 29.9 Å². The number of amides is 2. The van der Waals surface area contributed by atoms with Crippen molar-refractivity contribution >= 4 is 39.1 Å². The molecule has 3 heterocycles. The van der Waals surface area contributed by atoms with Gasteiger partial charge in [0.25, 0.3) is 17.6 Å². The first-order valence-electron chi connectivity index (χ1n) is 13.0. The number of rotatable bonds is 7. The second kappa shape index (κ2) is 9.89. The fraction of sp³-hybridized carbons (Fsp3) is 0.393. The van der Waals surface area contributed by atoms with Crippen molar-refractivity contribution in [3.8, 4) is 0 Å². The van der Waals surface area contributed by atoms with Gasteiger partial charge in [-0.2, -0.15) is 4.31 Å². The highest BCUT2D eigenvalue weighted by Gasteiger charge is 2.66. The molecule has 10 nitrogen and oxygen atoms in total.